The van der Waals surface area contributed by atoms with Crippen LogP contribution in [-0.2, 0) is 4.74 Å². The number of likely N-dealkylation sites (tertiary alicyclic amines) is 1. The molecule has 0 aromatic carbocycles. The molecule has 10 heteroatoms. The molecule has 0 radical (unpaired) electrons. The van der Waals surface area contributed by atoms with E-state index in [2.05, 4.69) is 33.4 Å². The van der Waals surface area contributed by atoms with Gasteiger partial charge in [0.2, 0.25) is 0 Å². The first-order chi connectivity index (χ1) is 15.7. The number of ether oxygens (including phenoxy) is 2. The zero-order valence-electron chi connectivity index (χ0n) is 18.4. The van der Waals surface area contributed by atoms with Crippen molar-refractivity contribution in [1.29, 1.82) is 5.26 Å². The molecule has 5 heterocycles. The van der Waals surface area contributed by atoms with E-state index >= 15 is 0 Å². The first-order valence-corrected chi connectivity index (χ1v) is 11.2. The smallest absolute Gasteiger partial charge is 0.179 e. The number of hydrogen-bond acceptors (Lipinski definition) is 8. The third kappa shape index (κ3) is 4.13. The van der Waals surface area contributed by atoms with Gasteiger partial charge in [-0.15, -0.1) is 5.10 Å². The molecule has 5 rings (SSSR count). The van der Waals surface area contributed by atoms with Crippen LogP contribution in [0.2, 0.25) is 0 Å². The number of nitriles is 1. The second-order valence-corrected chi connectivity index (χ2v) is 8.34. The van der Waals surface area contributed by atoms with Crippen LogP contribution >= 0.6 is 0 Å². The van der Waals surface area contributed by atoms with E-state index in [4.69, 9.17) is 14.7 Å². The lowest BCUT2D eigenvalue weighted by Gasteiger charge is -2.28. The van der Waals surface area contributed by atoms with E-state index in [1.807, 2.05) is 27.5 Å². The number of piperidine rings is 1. The normalized spacial score (nSPS) is 18.2. The maximum atomic E-state index is 9.10. The van der Waals surface area contributed by atoms with E-state index < -0.39 is 0 Å². The van der Waals surface area contributed by atoms with Crippen molar-refractivity contribution >= 4 is 5.52 Å². The Morgan fingerprint density at radius 3 is 2.81 bits per heavy atom. The Morgan fingerprint density at radius 1 is 1.22 bits per heavy atom. The van der Waals surface area contributed by atoms with Gasteiger partial charge >= 0.3 is 0 Å². The maximum Gasteiger partial charge on any atom is 0.179 e. The maximum absolute atomic E-state index is 9.10. The first kappa shape index (κ1) is 20.7. The SMILES string of the molecule is Cc1c(-c2cc(OCCN3CCOCC3)c3ccnn3c2)nnn1C1CCN(C#N)CC1. The monoisotopic (exact) mass is 436 g/mol. The summed E-state index contributed by atoms with van der Waals surface area (Å²) in [5, 5.41) is 22.5. The molecule has 2 aliphatic heterocycles. The predicted octanol–water partition coefficient (Wildman–Crippen LogP) is 1.73. The summed E-state index contributed by atoms with van der Waals surface area (Å²) in [6, 6.07) is 4.26. The molecule has 10 nitrogen and oxygen atoms in total. The minimum atomic E-state index is 0.263. The molecule has 2 fully saturated rings. The molecule has 0 amide bonds. The van der Waals surface area contributed by atoms with Gasteiger partial charge in [0.15, 0.2) is 6.19 Å². The Hall–Kier alpha value is -3.16. The van der Waals surface area contributed by atoms with Gasteiger partial charge in [-0.05, 0) is 31.9 Å². The van der Waals surface area contributed by atoms with Gasteiger partial charge in [0.25, 0.3) is 0 Å². The molecular weight excluding hydrogens is 408 g/mol. The molecule has 0 spiro atoms. The molecule has 0 saturated carbocycles. The number of nitrogens with zero attached hydrogens (tertiary/aromatic N) is 8. The third-order valence-corrected chi connectivity index (χ3v) is 6.39. The number of morpholine rings is 1. The van der Waals surface area contributed by atoms with Crippen molar-refractivity contribution in [2.75, 3.05) is 52.5 Å². The Kier molecular flexibility index (Phi) is 5.92. The molecule has 168 valence electrons. The van der Waals surface area contributed by atoms with E-state index in [-0.39, 0.29) is 6.04 Å². The minimum Gasteiger partial charge on any atom is -0.490 e. The van der Waals surface area contributed by atoms with Crippen molar-refractivity contribution in [1.82, 2.24) is 34.4 Å². The highest BCUT2D eigenvalue weighted by Gasteiger charge is 2.24. The topological polar surface area (TPSA) is 96.7 Å². The molecule has 0 atom stereocenters. The van der Waals surface area contributed by atoms with Gasteiger partial charge in [-0.2, -0.15) is 10.4 Å². The average molecular weight is 437 g/mol. The Labute approximate surface area is 186 Å². The fourth-order valence-electron chi connectivity index (χ4n) is 4.52. The molecule has 2 aliphatic rings. The molecule has 0 aliphatic carbocycles. The number of pyridine rings is 1. The fourth-order valence-corrected chi connectivity index (χ4v) is 4.52. The largest absolute Gasteiger partial charge is 0.490 e. The highest BCUT2D eigenvalue weighted by Crippen LogP contribution is 2.31. The summed E-state index contributed by atoms with van der Waals surface area (Å²) >= 11 is 0. The highest BCUT2D eigenvalue weighted by atomic mass is 16.5. The van der Waals surface area contributed by atoms with Crippen LogP contribution in [0.4, 0.5) is 0 Å². The molecule has 2 saturated heterocycles. The summed E-state index contributed by atoms with van der Waals surface area (Å²) < 4.78 is 15.5. The van der Waals surface area contributed by atoms with Crippen molar-refractivity contribution < 1.29 is 9.47 Å². The zero-order chi connectivity index (χ0) is 21.9. The number of hydrogen-bond donors (Lipinski definition) is 0. The van der Waals surface area contributed by atoms with Crippen LogP contribution in [0.5, 0.6) is 5.75 Å². The standard InChI is InChI=1S/C22H28N8O2/c1-17-22(25-26-30(17)19-3-6-28(16-23)7-4-19)18-14-21(20-2-5-24-29(20)15-18)32-13-10-27-8-11-31-12-9-27/h2,5,14-15,19H,3-4,6-13H2,1H3. The summed E-state index contributed by atoms with van der Waals surface area (Å²) in [5.74, 6) is 0.796. The van der Waals surface area contributed by atoms with E-state index in [1.54, 1.807) is 11.1 Å². The van der Waals surface area contributed by atoms with Crippen LogP contribution in [0, 0.1) is 18.4 Å². The number of fused-ring (bicyclic) bond motifs is 1. The van der Waals surface area contributed by atoms with Crippen molar-refractivity contribution in [2.24, 2.45) is 0 Å². The van der Waals surface area contributed by atoms with Gasteiger partial charge in [-0.3, -0.25) is 4.90 Å². The van der Waals surface area contributed by atoms with Crippen LogP contribution in [-0.4, -0.2) is 87.0 Å². The van der Waals surface area contributed by atoms with Crippen molar-refractivity contribution in [2.45, 2.75) is 25.8 Å². The van der Waals surface area contributed by atoms with E-state index in [1.165, 1.54) is 0 Å². The van der Waals surface area contributed by atoms with Gasteiger partial charge in [0, 0.05) is 44.5 Å². The van der Waals surface area contributed by atoms with Crippen molar-refractivity contribution in [3.05, 3.63) is 30.2 Å². The Morgan fingerprint density at radius 2 is 2.03 bits per heavy atom. The molecule has 32 heavy (non-hydrogen) atoms. The summed E-state index contributed by atoms with van der Waals surface area (Å²) in [5.41, 5.74) is 3.72. The number of aromatic nitrogens is 5. The second-order valence-electron chi connectivity index (χ2n) is 8.34. The number of rotatable bonds is 6. The fraction of sp³-hybridized carbons (Fsp3) is 0.545. The van der Waals surface area contributed by atoms with Crippen LogP contribution in [0.1, 0.15) is 24.6 Å². The quantitative estimate of drug-likeness (QED) is 0.539. The van der Waals surface area contributed by atoms with Crippen molar-refractivity contribution in [3.63, 3.8) is 0 Å². The van der Waals surface area contributed by atoms with Gasteiger partial charge in [0.1, 0.15) is 23.6 Å². The molecule has 0 N–H and O–H groups in total. The van der Waals surface area contributed by atoms with Gasteiger partial charge in [-0.1, -0.05) is 5.21 Å². The second kappa shape index (κ2) is 9.14. The highest BCUT2D eigenvalue weighted by molar-refractivity contribution is 5.69. The lowest BCUT2D eigenvalue weighted by molar-refractivity contribution is 0.0323. The van der Waals surface area contributed by atoms with Crippen LogP contribution in [0.25, 0.3) is 16.8 Å². The molecule has 0 unspecified atom stereocenters. The van der Waals surface area contributed by atoms with E-state index in [0.29, 0.717) is 6.61 Å². The molecule has 3 aromatic heterocycles. The molecule has 3 aromatic rings. The first-order valence-electron chi connectivity index (χ1n) is 11.2. The molecular formula is C22H28N8O2. The zero-order valence-corrected chi connectivity index (χ0v) is 18.4. The predicted molar refractivity (Wildman–Crippen MR) is 117 cm³/mol. The molecule has 0 bridgehead atoms. The Balaban J connectivity index is 1.35. The lowest BCUT2D eigenvalue weighted by atomic mass is 10.0. The van der Waals surface area contributed by atoms with Crippen LogP contribution in [0.15, 0.2) is 24.5 Å². The van der Waals surface area contributed by atoms with E-state index in [0.717, 1.165) is 87.0 Å². The minimum absolute atomic E-state index is 0.263. The van der Waals surface area contributed by atoms with Crippen molar-refractivity contribution in [3.8, 4) is 23.2 Å². The van der Waals surface area contributed by atoms with Gasteiger partial charge in [-0.25, -0.2) is 9.20 Å². The average Bonchev–Trinajstić information content (AvgIpc) is 3.46. The summed E-state index contributed by atoms with van der Waals surface area (Å²) in [7, 11) is 0. The van der Waals surface area contributed by atoms with E-state index in [9.17, 15) is 0 Å². The summed E-state index contributed by atoms with van der Waals surface area (Å²) in [6.07, 6.45) is 7.78. The van der Waals surface area contributed by atoms with Crippen LogP contribution in [0.3, 0.4) is 0 Å². The Bertz CT molecular complexity index is 1100. The van der Waals surface area contributed by atoms with Crippen LogP contribution < -0.4 is 4.74 Å². The summed E-state index contributed by atoms with van der Waals surface area (Å²) in [4.78, 5) is 4.16. The third-order valence-electron chi connectivity index (χ3n) is 6.39. The summed E-state index contributed by atoms with van der Waals surface area (Å²) in [6.45, 7) is 8.50. The van der Waals surface area contributed by atoms with Gasteiger partial charge < -0.3 is 14.4 Å². The lowest BCUT2D eigenvalue weighted by Crippen LogP contribution is -2.38. The van der Waals surface area contributed by atoms with Gasteiger partial charge in [0.05, 0.1) is 31.1 Å².